The standard InChI is InChI=1S/C16H26N2/c1-12(2)17-10-14(4)18-11-13(3)9-15-7-5-6-8-16(15)18/h5-8,12-14,17H,9-11H2,1-4H3. The molecule has 0 aromatic heterocycles. The van der Waals surface area contributed by atoms with Crippen molar-refractivity contribution in [1.82, 2.24) is 5.32 Å². The smallest absolute Gasteiger partial charge is 0.0401 e. The van der Waals surface area contributed by atoms with Gasteiger partial charge in [0, 0.05) is 30.9 Å². The summed E-state index contributed by atoms with van der Waals surface area (Å²) in [5, 5.41) is 3.55. The molecule has 2 heteroatoms. The Balaban J connectivity index is 2.12. The van der Waals surface area contributed by atoms with Gasteiger partial charge in [0.05, 0.1) is 0 Å². The number of nitrogens with zero attached hydrogens (tertiary/aromatic N) is 1. The Bertz CT molecular complexity index is 386. The van der Waals surface area contributed by atoms with Crippen molar-refractivity contribution in [3.05, 3.63) is 29.8 Å². The second-order valence-electron chi connectivity index (χ2n) is 6.00. The van der Waals surface area contributed by atoms with Crippen LogP contribution >= 0.6 is 0 Å². The van der Waals surface area contributed by atoms with E-state index in [9.17, 15) is 0 Å². The number of hydrogen-bond donors (Lipinski definition) is 1. The van der Waals surface area contributed by atoms with Gasteiger partial charge in [0.1, 0.15) is 0 Å². The van der Waals surface area contributed by atoms with Crippen molar-refractivity contribution in [3.8, 4) is 0 Å². The van der Waals surface area contributed by atoms with E-state index in [1.165, 1.54) is 24.2 Å². The lowest BCUT2D eigenvalue weighted by atomic mass is 9.93. The summed E-state index contributed by atoms with van der Waals surface area (Å²) >= 11 is 0. The summed E-state index contributed by atoms with van der Waals surface area (Å²) in [4.78, 5) is 2.57. The number of anilines is 1. The Morgan fingerprint density at radius 3 is 2.72 bits per heavy atom. The average molecular weight is 246 g/mol. The van der Waals surface area contributed by atoms with Gasteiger partial charge in [-0.1, -0.05) is 39.0 Å². The summed E-state index contributed by atoms with van der Waals surface area (Å²) in [6.07, 6.45) is 1.22. The molecule has 1 aromatic carbocycles. The fourth-order valence-corrected chi connectivity index (χ4v) is 2.77. The quantitative estimate of drug-likeness (QED) is 0.878. The zero-order valence-corrected chi connectivity index (χ0v) is 12.1. The number of para-hydroxylation sites is 1. The van der Waals surface area contributed by atoms with Crippen LogP contribution in [0, 0.1) is 5.92 Å². The molecule has 0 spiro atoms. The van der Waals surface area contributed by atoms with Gasteiger partial charge in [-0.25, -0.2) is 0 Å². The minimum Gasteiger partial charge on any atom is -0.367 e. The van der Waals surface area contributed by atoms with Crippen molar-refractivity contribution in [1.29, 1.82) is 0 Å². The van der Waals surface area contributed by atoms with Crippen LogP contribution < -0.4 is 10.2 Å². The molecule has 100 valence electrons. The molecule has 1 aliphatic heterocycles. The van der Waals surface area contributed by atoms with Crippen LogP contribution in [0.1, 0.15) is 33.3 Å². The first-order valence-electron chi connectivity index (χ1n) is 7.16. The molecule has 18 heavy (non-hydrogen) atoms. The largest absolute Gasteiger partial charge is 0.367 e. The van der Waals surface area contributed by atoms with E-state index >= 15 is 0 Å². The SMILES string of the molecule is CC1Cc2ccccc2N(C(C)CNC(C)C)C1. The van der Waals surface area contributed by atoms with Gasteiger partial charge in [0.25, 0.3) is 0 Å². The molecule has 2 atom stereocenters. The Morgan fingerprint density at radius 2 is 2.00 bits per heavy atom. The lowest BCUT2D eigenvalue weighted by molar-refractivity contribution is 0.462. The van der Waals surface area contributed by atoms with Gasteiger partial charge in [-0.3, -0.25) is 0 Å². The molecule has 1 aromatic rings. The number of hydrogen-bond acceptors (Lipinski definition) is 2. The van der Waals surface area contributed by atoms with Crippen LogP contribution in [0.25, 0.3) is 0 Å². The predicted molar refractivity (Wildman–Crippen MR) is 79.3 cm³/mol. The summed E-state index contributed by atoms with van der Waals surface area (Å²) in [5.41, 5.74) is 2.95. The van der Waals surface area contributed by atoms with Crippen molar-refractivity contribution in [3.63, 3.8) is 0 Å². The lowest BCUT2D eigenvalue weighted by Crippen LogP contribution is -2.46. The third kappa shape index (κ3) is 3.05. The average Bonchev–Trinajstić information content (AvgIpc) is 2.34. The van der Waals surface area contributed by atoms with Crippen LogP contribution in [0.5, 0.6) is 0 Å². The lowest BCUT2D eigenvalue weighted by Gasteiger charge is -2.39. The number of benzene rings is 1. The minimum atomic E-state index is 0.552. The van der Waals surface area contributed by atoms with Crippen LogP contribution in [-0.2, 0) is 6.42 Å². The van der Waals surface area contributed by atoms with Gasteiger partial charge >= 0.3 is 0 Å². The zero-order valence-electron chi connectivity index (χ0n) is 12.1. The zero-order chi connectivity index (χ0) is 13.1. The van der Waals surface area contributed by atoms with Crippen LogP contribution in [-0.4, -0.2) is 25.2 Å². The van der Waals surface area contributed by atoms with Crippen LogP contribution in [0.3, 0.4) is 0 Å². The fraction of sp³-hybridized carbons (Fsp3) is 0.625. The minimum absolute atomic E-state index is 0.552. The van der Waals surface area contributed by atoms with E-state index in [1.807, 2.05) is 0 Å². The Kier molecular flexibility index (Phi) is 4.28. The molecular weight excluding hydrogens is 220 g/mol. The van der Waals surface area contributed by atoms with E-state index in [4.69, 9.17) is 0 Å². The summed E-state index contributed by atoms with van der Waals surface area (Å²) < 4.78 is 0. The molecule has 2 nitrogen and oxygen atoms in total. The van der Waals surface area contributed by atoms with Gasteiger partial charge in [-0.05, 0) is 30.9 Å². The van der Waals surface area contributed by atoms with Crippen molar-refractivity contribution < 1.29 is 0 Å². The van der Waals surface area contributed by atoms with E-state index in [2.05, 4.69) is 62.2 Å². The van der Waals surface area contributed by atoms with Crippen molar-refractivity contribution >= 4 is 5.69 Å². The first-order chi connectivity index (χ1) is 8.58. The van der Waals surface area contributed by atoms with Crippen molar-refractivity contribution in [2.75, 3.05) is 18.0 Å². The summed E-state index contributed by atoms with van der Waals surface area (Å²) in [6, 6.07) is 9.98. The van der Waals surface area contributed by atoms with E-state index in [0.717, 1.165) is 12.5 Å². The van der Waals surface area contributed by atoms with E-state index in [0.29, 0.717) is 12.1 Å². The van der Waals surface area contributed by atoms with Crippen LogP contribution in [0.15, 0.2) is 24.3 Å². The summed E-state index contributed by atoms with van der Waals surface area (Å²) in [5.74, 6) is 0.751. The molecular formula is C16H26N2. The van der Waals surface area contributed by atoms with Gasteiger partial charge in [-0.2, -0.15) is 0 Å². The molecule has 1 N–H and O–H groups in total. The maximum Gasteiger partial charge on any atom is 0.0401 e. The molecule has 0 bridgehead atoms. The molecule has 0 amide bonds. The van der Waals surface area contributed by atoms with Gasteiger partial charge in [-0.15, -0.1) is 0 Å². The Hall–Kier alpha value is -1.02. The topological polar surface area (TPSA) is 15.3 Å². The Morgan fingerprint density at radius 1 is 1.28 bits per heavy atom. The maximum atomic E-state index is 3.55. The van der Waals surface area contributed by atoms with Gasteiger partial charge in [0.2, 0.25) is 0 Å². The third-order valence-corrected chi connectivity index (χ3v) is 3.73. The second-order valence-corrected chi connectivity index (χ2v) is 6.00. The molecule has 0 fully saturated rings. The molecule has 2 unspecified atom stereocenters. The highest BCUT2D eigenvalue weighted by atomic mass is 15.2. The highest BCUT2D eigenvalue weighted by molar-refractivity contribution is 5.56. The summed E-state index contributed by atoms with van der Waals surface area (Å²) in [6.45, 7) is 11.3. The van der Waals surface area contributed by atoms with E-state index in [1.54, 1.807) is 0 Å². The van der Waals surface area contributed by atoms with E-state index < -0.39 is 0 Å². The first kappa shape index (κ1) is 13.4. The van der Waals surface area contributed by atoms with Crippen molar-refractivity contribution in [2.45, 2.75) is 46.2 Å². The molecule has 0 saturated heterocycles. The molecule has 1 aliphatic rings. The molecule has 0 radical (unpaired) electrons. The van der Waals surface area contributed by atoms with E-state index in [-0.39, 0.29) is 0 Å². The molecule has 1 heterocycles. The van der Waals surface area contributed by atoms with Gasteiger partial charge < -0.3 is 10.2 Å². The number of rotatable bonds is 4. The molecule has 0 saturated carbocycles. The van der Waals surface area contributed by atoms with Gasteiger partial charge in [0.15, 0.2) is 0 Å². The predicted octanol–water partition coefficient (Wildman–Crippen LogP) is 3.07. The highest BCUT2D eigenvalue weighted by Crippen LogP contribution is 2.30. The number of fused-ring (bicyclic) bond motifs is 1. The normalized spacial score (nSPS) is 20.9. The monoisotopic (exact) mass is 246 g/mol. The highest BCUT2D eigenvalue weighted by Gasteiger charge is 2.24. The molecule has 2 rings (SSSR count). The third-order valence-electron chi connectivity index (χ3n) is 3.73. The Labute approximate surface area is 111 Å². The summed E-state index contributed by atoms with van der Waals surface area (Å²) in [7, 11) is 0. The van der Waals surface area contributed by atoms with Crippen LogP contribution in [0.4, 0.5) is 5.69 Å². The maximum absolute atomic E-state index is 3.55. The first-order valence-corrected chi connectivity index (χ1v) is 7.16. The van der Waals surface area contributed by atoms with Crippen molar-refractivity contribution in [2.24, 2.45) is 5.92 Å². The van der Waals surface area contributed by atoms with Crippen LogP contribution in [0.2, 0.25) is 0 Å². The second kappa shape index (κ2) is 5.75. The molecule has 0 aliphatic carbocycles. The number of nitrogens with one attached hydrogen (secondary N) is 1. The fourth-order valence-electron chi connectivity index (χ4n) is 2.77.